The summed E-state index contributed by atoms with van der Waals surface area (Å²) in [6, 6.07) is 5.81. The molecule has 1 heterocycles. The van der Waals surface area contributed by atoms with Gasteiger partial charge in [-0.3, -0.25) is 4.79 Å². The summed E-state index contributed by atoms with van der Waals surface area (Å²) in [6.45, 7) is 9.85. The van der Waals surface area contributed by atoms with E-state index in [1.54, 1.807) is 6.92 Å². The number of esters is 1. The molecule has 1 amide bonds. The molecule has 0 fully saturated rings. The number of thiophene rings is 1. The molecular weight excluding hydrogens is 430 g/mol. The zero-order chi connectivity index (χ0) is 20.1. The lowest BCUT2D eigenvalue weighted by molar-refractivity contribution is -0.118. The Morgan fingerprint density at radius 3 is 2.56 bits per heavy atom. The van der Waals surface area contributed by atoms with Crippen LogP contribution in [0.1, 0.15) is 53.1 Å². The zero-order valence-corrected chi connectivity index (χ0v) is 18.5. The largest absolute Gasteiger partial charge is 0.483 e. The summed E-state index contributed by atoms with van der Waals surface area (Å²) in [5.41, 5.74) is 2.42. The maximum absolute atomic E-state index is 12.3. The minimum atomic E-state index is -0.428. The Labute approximate surface area is 172 Å². The third kappa shape index (κ3) is 5.32. The molecule has 0 spiro atoms. The highest BCUT2D eigenvalue weighted by molar-refractivity contribution is 9.10. The molecule has 7 heteroatoms. The summed E-state index contributed by atoms with van der Waals surface area (Å²) in [7, 11) is 0. The van der Waals surface area contributed by atoms with Gasteiger partial charge in [0.15, 0.2) is 6.61 Å². The van der Waals surface area contributed by atoms with Crippen LogP contribution in [0.15, 0.2) is 22.7 Å². The molecule has 0 atom stereocenters. The lowest BCUT2D eigenvalue weighted by Gasteiger charge is -2.12. The monoisotopic (exact) mass is 453 g/mol. The number of nitrogens with one attached hydrogen (secondary N) is 1. The van der Waals surface area contributed by atoms with Crippen LogP contribution in [0.25, 0.3) is 0 Å². The fourth-order valence-corrected chi connectivity index (χ4v) is 4.04. The average Bonchev–Trinajstić information content (AvgIpc) is 2.87. The number of aryl methyl sites for hydroxylation is 1. The maximum Gasteiger partial charge on any atom is 0.341 e. The molecule has 0 aliphatic carbocycles. The second-order valence-corrected chi connectivity index (χ2v) is 8.47. The van der Waals surface area contributed by atoms with E-state index in [1.165, 1.54) is 16.9 Å². The van der Waals surface area contributed by atoms with E-state index in [4.69, 9.17) is 9.47 Å². The first-order valence-corrected chi connectivity index (χ1v) is 10.3. The van der Waals surface area contributed by atoms with Crippen LogP contribution in [0.3, 0.4) is 0 Å². The van der Waals surface area contributed by atoms with Crippen molar-refractivity contribution in [2.75, 3.05) is 18.5 Å². The van der Waals surface area contributed by atoms with E-state index < -0.39 is 5.97 Å². The first-order valence-electron chi connectivity index (χ1n) is 8.73. The minimum absolute atomic E-state index is 0.155. The number of ether oxygens (including phenoxy) is 2. The molecule has 1 aromatic heterocycles. The number of carbonyl (C=O) groups is 2. The smallest absolute Gasteiger partial charge is 0.341 e. The van der Waals surface area contributed by atoms with Gasteiger partial charge in [-0.25, -0.2) is 4.79 Å². The highest BCUT2D eigenvalue weighted by Gasteiger charge is 2.22. The van der Waals surface area contributed by atoms with E-state index in [9.17, 15) is 9.59 Å². The van der Waals surface area contributed by atoms with Crippen molar-refractivity contribution >= 4 is 44.1 Å². The molecule has 0 radical (unpaired) electrons. The molecule has 0 unspecified atom stereocenters. The fraction of sp³-hybridized carbons (Fsp3) is 0.400. The van der Waals surface area contributed by atoms with E-state index in [0.717, 1.165) is 14.9 Å². The van der Waals surface area contributed by atoms with Crippen LogP contribution in [-0.4, -0.2) is 25.1 Å². The molecule has 2 rings (SSSR count). The molecule has 0 saturated heterocycles. The van der Waals surface area contributed by atoms with Gasteiger partial charge in [0.2, 0.25) is 0 Å². The molecule has 0 aliphatic rings. The maximum atomic E-state index is 12.3. The van der Waals surface area contributed by atoms with Gasteiger partial charge in [0.05, 0.1) is 16.6 Å². The molecule has 0 aliphatic heterocycles. The number of anilines is 1. The second kappa shape index (κ2) is 9.37. The van der Waals surface area contributed by atoms with E-state index in [-0.39, 0.29) is 19.1 Å². The summed E-state index contributed by atoms with van der Waals surface area (Å²) >= 11 is 4.83. The van der Waals surface area contributed by atoms with Crippen molar-refractivity contribution in [1.29, 1.82) is 0 Å². The SMILES string of the molecule is CCOC(=O)c1c(NC(=O)COc2ccc(C(C)C)cc2Br)sc(C)c1C. The highest BCUT2D eigenvalue weighted by atomic mass is 79.9. The van der Waals surface area contributed by atoms with Gasteiger partial charge < -0.3 is 14.8 Å². The molecule has 0 saturated carbocycles. The fourth-order valence-electron chi connectivity index (χ4n) is 2.46. The Kier molecular flexibility index (Phi) is 7.44. The number of hydrogen-bond acceptors (Lipinski definition) is 5. The number of carbonyl (C=O) groups excluding carboxylic acids is 2. The van der Waals surface area contributed by atoms with Crippen LogP contribution >= 0.6 is 27.3 Å². The van der Waals surface area contributed by atoms with Crippen molar-refractivity contribution in [3.63, 3.8) is 0 Å². The van der Waals surface area contributed by atoms with Gasteiger partial charge in [0.25, 0.3) is 5.91 Å². The third-order valence-corrected chi connectivity index (χ3v) is 5.84. The molecule has 27 heavy (non-hydrogen) atoms. The molecule has 5 nitrogen and oxygen atoms in total. The molecular formula is C20H24BrNO4S. The highest BCUT2D eigenvalue weighted by Crippen LogP contribution is 2.33. The summed E-state index contributed by atoms with van der Waals surface area (Å²) in [5, 5.41) is 3.26. The van der Waals surface area contributed by atoms with E-state index in [1.807, 2.05) is 32.0 Å². The molecule has 1 aromatic carbocycles. The van der Waals surface area contributed by atoms with Gasteiger partial charge >= 0.3 is 5.97 Å². The third-order valence-electron chi connectivity index (χ3n) is 4.10. The van der Waals surface area contributed by atoms with Gasteiger partial charge in [-0.15, -0.1) is 11.3 Å². The Balaban J connectivity index is 2.06. The van der Waals surface area contributed by atoms with E-state index >= 15 is 0 Å². The quantitative estimate of drug-likeness (QED) is 0.566. The first-order chi connectivity index (χ1) is 12.7. The van der Waals surface area contributed by atoms with Crippen LogP contribution in [0, 0.1) is 13.8 Å². The lowest BCUT2D eigenvalue weighted by Crippen LogP contribution is -2.21. The van der Waals surface area contributed by atoms with Crippen LogP contribution in [0.5, 0.6) is 5.75 Å². The van der Waals surface area contributed by atoms with Crippen LogP contribution in [0.4, 0.5) is 5.00 Å². The topological polar surface area (TPSA) is 64.6 Å². The summed E-state index contributed by atoms with van der Waals surface area (Å²) in [6.07, 6.45) is 0. The molecule has 1 N–H and O–H groups in total. The van der Waals surface area contributed by atoms with Gasteiger partial charge in [0.1, 0.15) is 10.8 Å². The van der Waals surface area contributed by atoms with Crippen molar-refractivity contribution in [3.8, 4) is 5.75 Å². The Bertz CT molecular complexity index is 845. The Hall–Kier alpha value is -1.86. The molecule has 146 valence electrons. The van der Waals surface area contributed by atoms with Gasteiger partial charge in [-0.1, -0.05) is 19.9 Å². The van der Waals surface area contributed by atoms with Crippen LogP contribution < -0.4 is 10.1 Å². The summed E-state index contributed by atoms with van der Waals surface area (Å²) in [5.74, 6) is 0.244. The van der Waals surface area contributed by atoms with Crippen LogP contribution in [-0.2, 0) is 9.53 Å². The standard InChI is InChI=1S/C20H24BrNO4S/c1-6-25-20(24)18-12(4)13(5)27-19(18)22-17(23)10-26-16-8-7-14(11(2)3)9-15(16)21/h7-9,11H,6,10H2,1-5H3,(H,22,23). The van der Waals surface area contributed by atoms with Gasteiger partial charge in [0, 0.05) is 4.88 Å². The number of benzene rings is 1. The average molecular weight is 454 g/mol. The molecule has 0 bridgehead atoms. The normalized spacial score (nSPS) is 10.8. The Morgan fingerprint density at radius 2 is 1.96 bits per heavy atom. The Morgan fingerprint density at radius 1 is 1.26 bits per heavy atom. The molecule has 2 aromatic rings. The van der Waals surface area contributed by atoms with Crippen molar-refractivity contribution in [1.82, 2.24) is 0 Å². The summed E-state index contributed by atoms with van der Waals surface area (Å²) < 4.78 is 11.5. The van der Waals surface area contributed by atoms with E-state index in [2.05, 4.69) is 35.1 Å². The number of rotatable bonds is 7. The van der Waals surface area contributed by atoms with Crippen LogP contribution in [0.2, 0.25) is 0 Å². The van der Waals surface area contributed by atoms with Gasteiger partial charge in [-0.05, 0) is 65.9 Å². The number of halogens is 1. The van der Waals surface area contributed by atoms with Gasteiger partial charge in [-0.2, -0.15) is 0 Å². The van der Waals surface area contributed by atoms with Crippen molar-refractivity contribution in [3.05, 3.63) is 44.2 Å². The number of hydrogen-bond donors (Lipinski definition) is 1. The predicted octanol–water partition coefficient (Wildman–Crippen LogP) is 5.45. The van der Waals surface area contributed by atoms with E-state index in [0.29, 0.717) is 22.2 Å². The predicted molar refractivity (Wildman–Crippen MR) is 112 cm³/mol. The van der Waals surface area contributed by atoms with Crippen molar-refractivity contribution in [2.45, 2.75) is 40.5 Å². The number of amides is 1. The zero-order valence-electron chi connectivity index (χ0n) is 16.1. The first kappa shape index (κ1) is 21.4. The summed E-state index contributed by atoms with van der Waals surface area (Å²) in [4.78, 5) is 25.5. The van der Waals surface area contributed by atoms with Crippen molar-refractivity contribution in [2.24, 2.45) is 0 Å². The minimum Gasteiger partial charge on any atom is -0.483 e. The lowest BCUT2D eigenvalue weighted by atomic mass is 10.0. The van der Waals surface area contributed by atoms with Crippen molar-refractivity contribution < 1.29 is 19.1 Å². The second-order valence-electron chi connectivity index (χ2n) is 6.39.